The highest BCUT2D eigenvalue weighted by atomic mass is 16.5. The van der Waals surface area contributed by atoms with Crippen molar-refractivity contribution in [3.63, 3.8) is 0 Å². The summed E-state index contributed by atoms with van der Waals surface area (Å²) in [5.74, 6) is 0.625. The maximum Gasteiger partial charge on any atom is 0.317 e. The number of likely N-dealkylation sites (tertiary alicyclic amines) is 2. The third-order valence-corrected chi connectivity index (χ3v) is 5.19. The smallest absolute Gasteiger partial charge is 0.317 e. The Hall–Kier alpha value is -1.60. The van der Waals surface area contributed by atoms with Crippen LogP contribution in [0.5, 0.6) is 0 Å². The first kappa shape index (κ1) is 17.2. The fourth-order valence-corrected chi connectivity index (χ4v) is 3.92. The largest absolute Gasteiger partial charge is 0.383 e. The fourth-order valence-electron chi connectivity index (χ4n) is 3.92. The molecular weight excluding hydrogens is 306 g/mol. The van der Waals surface area contributed by atoms with E-state index in [-0.39, 0.29) is 6.03 Å². The average molecular weight is 335 g/mol. The molecule has 1 N–H and O–H groups in total. The van der Waals surface area contributed by atoms with Crippen LogP contribution < -0.4 is 5.32 Å². The SMILES string of the molecule is COCCn1cc(CNC(=O)N2CCC[C@@H]3CN(C)CC[C@@H]32)cn1. The van der Waals surface area contributed by atoms with Gasteiger partial charge in [-0.2, -0.15) is 5.10 Å². The molecule has 7 heteroatoms. The van der Waals surface area contributed by atoms with Gasteiger partial charge < -0.3 is 19.9 Å². The number of amides is 2. The lowest BCUT2D eigenvalue weighted by Crippen LogP contribution is -2.57. The van der Waals surface area contributed by atoms with Crippen molar-refractivity contribution in [3.8, 4) is 0 Å². The molecule has 3 heterocycles. The molecular formula is C17H29N5O2. The molecule has 0 aliphatic carbocycles. The van der Waals surface area contributed by atoms with E-state index < -0.39 is 0 Å². The Labute approximate surface area is 143 Å². The summed E-state index contributed by atoms with van der Waals surface area (Å²) in [7, 11) is 3.86. The molecule has 1 aromatic rings. The molecule has 2 atom stereocenters. The molecule has 0 radical (unpaired) electrons. The zero-order valence-electron chi connectivity index (χ0n) is 14.8. The average Bonchev–Trinajstić information content (AvgIpc) is 3.05. The highest BCUT2D eigenvalue weighted by molar-refractivity contribution is 5.74. The van der Waals surface area contributed by atoms with E-state index in [4.69, 9.17) is 4.74 Å². The van der Waals surface area contributed by atoms with Crippen molar-refractivity contribution in [2.45, 2.75) is 38.4 Å². The van der Waals surface area contributed by atoms with E-state index in [1.54, 1.807) is 7.11 Å². The van der Waals surface area contributed by atoms with E-state index in [1.165, 1.54) is 6.42 Å². The molecule has 0 spiro atoms. The van der Waals surface area contributed by atoms with Gasteiger partial charge in [-0.25, -0.2) is 4.79 Å². The van der Waals surface area contributed by atoms with Gasteiger partial charge in [0.25, 0.3) is 0 Å². The van der Waals surface area contributed by atoms with Gasteiger partial charge in [-0.3, -0.25) is 4.68 Å². The second-order valence-corrected chi connectivity index (χ2v) is 6.98. The number of hydrogen-bond donors (Lipinski definition) is 1. The van der Waals surface area contributed by atoms with Crippen LogP contribution in [0.3, 0.4) is 0 Å². The van der Waals surface area contributed by atoms with Gasteiger partial charge in [0.05, 0.1) is 19.3 Å². The summed E-state index contributed by atoms with van der Waals surface area (Å²) in [5.41, 5.74) is 1.02. The van der Waals surface area contributed by atoms with Gasteiger partial charge in [-0.1, -0.05) is 0 Å². The molecule has 0 aromatic carbocycles. The molecule has 24 heavy (non-hydrogen) atoms. The van der Waals surface area contributed by atoms with Gasteiger partial charge in [-0.05, 0) is 38.8 Å². The minimum Gasteiger partial charge on any atom is -0.383 e. The Bertz CT molecular complexity index is 547. The summed E-state index contributed by atoms with van der Waals surface area (Å²) in [6.45, 7) is 4.97. The summed E-state index contributed by atoms with van der Waals surface area (Å²) in [5, 5.41) is 7.36. The number of aromatic nitrogens is 2. The van der Waals surface area contributed by atoms with Crippen molar-refractivity contribution in [2.24, 2.45) is 5.92 Å². The van der Waals surface area contributed by atoms with Crippen LogP contribution in [0, 0.1) is 5.92 Å². The monoisotopic (exact) mass is 335 g/mol. The Kier molecular flexibility index (Phi) is 5.73. The maximum atomic E-state index is 12.6. The minimum atomic E-state index is 0.0684. The second kappa shape index (κ2) is 7.98. The molecule has 2 amide bonds. The van der Waals surface area contributed by atoms with Crippen molar-refractivity contribution in [1.29, 1.82) is 0 Å². The topological polar surface area (TPSA) is 62.6 Å². The molecule has 7 nitrogen and oxygen atoms in total. The van der Waals surface area contributed by atoms with Crippen LogP contribution in [0.25, 0.3) is 0 Å². The molecule has 0 saturated carbocycles. The van der Waals surface area contributed by atoms with Crippen LogP contribution in [-0.4, -0.2) is 72.1 Å². The Morgan fingerprint density at radius 2 is 2.29 bits per heavy atom. The normalized spacial score (nSPS) is 24.7. The molecule has 2 aliphatic heterocycles. The van der Waals surface area contributed by atoms with E-state index in [9.17, 15) is 4.79 Å². The molecule has 2 saturated heterocycles. The first-order valence-electron chi connectivity index (χ1n) is 8.90. The van der Waals surface area contributed by atoms with Crippen LogP contribution in [0.2, 0.25) is 0 Å². The molecule has 0 unspecified atom stereocenters. The van der Waals surface area contributed by atoms with Gasteiger partial charge in [0.1, 0.15) is 0 Å². The summed E-state index contributed by atoms with van der Waals surface area (Å²) in [6.07, 6.45) is 7.21. The number of rotatable bonds is 5. The van der Waals surface area contributed by atoms with E-state index in [0.717, 1.165) is 44.6 Å². The van der Waals surface area contributed by atoms with Gasteiger partial charge in [-0.15, -0.1) is 0 Å². The summed E-state index contributed by atoms with van der Waals surface area (Å²) >= 11 is 0. The fraction of sp³-hybridized carbons (Fsp3) is 0.765. The van der Waals surface area contributed by atoms with Gasteiger partial charge in [0.15, 0.2) is 0 Å². The standard InChI is InChI=1S/C17H29N5O2/c1-20-7-5-16-15(13-20)4-3-6-22(16)17(23)18-10-14-11-19-21(12-14)8-9-24-2/h11-12,15-16H,3-10,13H2,1-2H3,(H,18,23)/t15-,16+/m1/s1. The van der Waals surface area contributed by atoms with Crippen LogP contribution in [0.1, 0.15) is 24.8 Å². The number of urea groups is 1. The quantitative estimate of drug-likeness (QED) is 0.877. The van der Waals surface area contributed by atoms with Crippen molar-refractivity contribution in [3.05, 3.63) is 18.0 Å². The number of carbonyl (C=O) groups is 1. The van der Waals surface area contributed by atoms with Crippen molar-refractivity contribution in [1.82, 2.24) is 24.9 Å². The van der Waals surface area contributed by atoms with Crippen LogP contribution in [-0.2, 0) is 17.8 Å². The first-order valence-corrected chi connectivity index (χ1v) is 8.90. The summed E-state index contributed by atoms with van der Waals surface area (Å²) in [4.78, 5) is 17.1. The number of hydrogen-bond acceptors (Lipinski definition) is 4. The second-order valence-electron chi connectivity index (χ2n) is 6.98. The van der Waals surface area contributed by atoms with Gasteiger partial charge in [0.2, 0.25) is 0 Å². The molecule has 2 fully saturated rings. The lowest BCUT2D eigenvalue weighted by Gasteiger charge is -2.46. The Balaban J connectivity index is 1.51. The predicted octanol–water partition coefficient (Wildman–Crippen LogP) is 1.16. The van der Waals surface area contributed by atoms with E-state index in [1.807, 2.05) is 17.1 Å². The first-order chi connectivity index (χ1) is 11.7. The highest BCUT2D eigenvalue weighted by Crippen LogP contribution is 2.30. The minimum absolute atomic E-state index is 0.0684. The van der Waals surface area contributed by atoms with E-state index in [2.05, 4.69) is 27.3 Å². The van der Waals surface area contributed by atoms with E-state index >= 15 is 0 Å². The third-order valence-electron chi connectivity index (χ3n) is 5.19. The van der Waals surface area contributed by atoms with Gasteiger partial charge >= 0.3 is 6.03 Å². The molecule has 0 bridgehead atoms. The lowest BCUT2D eigenvalue weighted by atomic mass is 9.84. The van der Waals surface area contributed by atoms with E-state index in [0.29, 0.717) is 25.1 Å². The summed E-state index contributed by atoms with van der Waals surface area (Å²) < 4.78 is 6.90. The van der Waals surface area contributed by atoms with Crippen LogP contribution >= 0.6 is 0 Å². The third kappa shape index (κ3) is 4.08. The highest BCUT2D eigenvalue weighted by Gasteiger charge is 2.37. The number of ether oxygens (including phenoxy) is 1. The molecule has 2 aliphatic rings. The number of piperidine rings is 2. The van der Waals surface area contributed by atoms with Crippen LogP contribution in [0.15, 0.2) is 12.4 Å². The zero-order valence-corrected chi connectivity index (χ0v) is 14.8. The lowest BCUT2D eigenvalue weighted by molar-refractivity contribution is 0.0532. The zero-order chi connectivity index (χ0) is 16.9. The van der Waals surface area contributed by atoms with Crippen molar-refractivity contribution >= 4 is 6.03 Å². The molecule has 3 rings (SSSR count). The number of nitrogens with one attached hydrogen (secondary N) is 1. The van der Waals surface area contributed by atoms with Crippen LogP contribution in [0.4, 0.5) is 4.79 Å². The Morgan fingerprint density at radius 1 is 1.42 bits per heavy atom. The Morgan fingerprint density at radius 3 is 3.12 bits per heavy atom. The number of methoxy groups -OCH3 is 1. The number of nitrogens with zero attached hydrogens (tertiary/aromatic N) is 4. The predicted molar refractivity (Wildman–Crippen MR) is 91.7 cm³/mol. The van der Waals surface area contributed by atoms with Crippen molar-refractivity contribution in [2.75, 3.05) is 40.4 Å². The number of carbonyl (C=O) groups excluding carboxylic acids is 1. The maximum absolute atomic E-state index is 12.6. The summed E-state index contributed by atoms with van der Waals surface area (Å²) in [6, 6.07) is 0.471. The molecule has 1 aromatic heterocycles. The molecule has 134 valence electrons. The number of fused-ring (bicyclic) bond motifs is 1. The van der Waals surface area contributed by atoms with Gasteiger partial charge in [0, 0.05) is 44.5 Å². The van der Waals surface area contributed by atoms with Crippen molar-refractivity contribution < 1.29 is 9.53 Å².